The fourth-order valence-electron chi connectivity index (χ4n) is 4.75. The molecule has 0 spiro atoms. The lowest BCUT2D eigenvalue weighted by Crippen LogP contribution is -2.29. The minimum Gasteiger partial charge on any atom is -0.482 e. The van der Waals surface area contributed by atoms with Crippen LogP contribution < -0.4 is 14.5 Å². The Bertz CT molecular complexity index is 967. The SMILES string of the molecule is COC1CCN(c2cnc(N(CCCCCCC(C)C)CCc3ccc(OCC(=O)O)c(C)c3)nc2)C1. The summed E-state index contributed by atoms with van der Waals surface area (Å²) < 4.78 is 10.9. The van der Waals surface area contributed by atoms with Gasteiger partial charge >= 0.3 is 5.97 Å². The minimum atomic E-state index is -0.974. The quantitative estimate of drug-likeness (QED) is 0.310. The highest BCUT2D eigenvalue weighted by Crippen LogP contribution is 2.23. The Hall–Kier alpha value is -2.87. The van der Waals surface area contributed by atoms with Crippen LogP contribution in [0.3, 0.4) is 0 Å². The predicted molar refractivity (Wildman–Crippen MR) is 148 cm³/mol. The van der Waals surface area contributed by atoms with E-state index in [-0.39, 0.29) is 12.7 Å². The topological polar surface area (TPSA) is 88.0 Å². The number of aryl methyl sites for hydroxylation is 1. The summed E-state index contributed by atoms with van der Waals surface area (Å²) >= 11 is 0. The third kappa shape index (κ3) is 9.50. The number of unbranched alkanes of at least 4 members (excludes halogenated alkanes) is 3. The van der Waals surface area contributed by atoms with Gasteiger partial charge in [-0.3, -0.25) is 0 Å². The fourth-order valence-corrected chi connectivity index (χ4v) is 4.75. The van der Waals surface area contributed by atoms with Crippen molar-refractivity contribution in [2.45, 2.75) is 71.8 Å². The van der Waals surface area contributed by atoms with Crippen LogP contribution in [0.2, 0.25) is 0 Å². The molecule has 204 valence electrons. The molecule has 0 aliphatic carbocycles. The van der Waals surface area contributed by atoms with Crippen molar-refractivity contribution in [3.05, 3.63) is 41.7 Å². The standard InChI is InChI=1S/C29H44N4O4/c1-22(2)9-7-5-6-8-14-32(15-12-24-10-11-27(23(3)17-24)37-21-28(34)35)29-30-18-25(19-31-29)33-16-13-26(20-33)36-4/h10-11,17-19,22,26H,5-9,12-16,20-21H2,1-4H3,(H,34,35). The van der Waals surface area contributed by atoms with Crippen molar-refractivity contribution < 1.29 is 19.4 Å². The first-order valence-corrected chi connectivity index (χ1v) is 13.6. The molecule has 1 saturated heterocycles. The minimum absolute atomic E-state index is 0.274. The molecule has 0 saturated carbocycles. The second-order valence-electron chi connectivity index (χ2n) is 10.4. The lowest BCUT2D eigenvalue weighted by atomic mass is 10.0. The molecule has 2 heterocycles. The molecule has 1 aromatic heterocycles. The van der Waals surface area contributed by atoms with Gasteiger partial charge in [-0.1, -0.05) is 51.7 Å². The van der Waals surface area contributed by atoms with Crippen molar-refractivity contribution in [1.82, 2.24) is 9.97 Å². The number of aromatic nitrogens is 2. The van der Waals surface area contributed by atoms with Crippen LogP contribution in [0, 0.1) is 12.8 Å². The smallest absolute Gasteiger partial charge is 0.341 e. The van der Waals surface area contributed by atoms with E-state index in [9.17, 15) is 4.79 Å². The van der Waals surface area contributed by atoms with Crippen LogP contribution >= 0.6 is 0 Å². The van der Waals surface area contributed by atoms with Crippen LogP contribution in [0.5, 0.6) is 5.75 Å². The highest BCUT2D eigenvalue weighted by molar-refractivity contribution is 5.68. The summed E-state index contributed by atoms with van der Waals surface area (Å²) in [4.78, 5) is 24.9. The van der Waals surface area contributed by atoms with Gasteiger partial charge in [-0.05, 0) is 49.3 Å². The maximum atomic E-state index is 10.8. The van der Waals surface area contributed by atoms with Gasteiger partial charge in [0.1, 0.15) is 5.75 Å². The van der Waals surface area contributed by atoms with Gasteiger partial charge in [0, 0.05) is 33.3 Å². The van der Waals surface area contributed by atoms with Crippen LogP contribution in [0.15, 0.2) is 30.6 Å². The molecule has 8 nitrogen and oxygen atoms in total. The molecule has 1 N–H and O–H groups in total. The summed E-state index contributed by atoms with van der Waals surface area (Å²) in [7, 11) is 1.77. The van der Waals surface area contributed by atoms with Gasteiger partial charge in [0.05, 0.1) is 24.2 Å². The molecule has 1 aliphatic rings. The summed E-state index contributed by atoms with van der Waals surface area (Å²) in [5, 5.41) is 8.87. The number of carbonyl (C=O) groups is 1. The normalized spacial score (nSPS) is 15.4. The summed E-state index contributed by atoms with van der Waals surface area (Å²) in [6.07, 6.45) is 12.2. The van der Waals surface area contributed by atoms with Crippen LogP contribution in [-0.2, 0) is 16.0 Å². The predicted octanol–water partition coefficient (Wildman–Crippen LogP) is 5.13. The Morgan fingerprint density at radius 1 is 1.16 bits per heavy atom. The number of methoxy groups -OCH3 is 1. The number of aliphatic carboxylic acids is 1. The number of rotatable bonds is 16. The summed E-state index contributed by atoms with van der Waals surface area (Å²) in [6, 6.07) is 5.95. The van der Waals surface area contributed by atoms with E-state index in [1.165, 1.54) is 31.2 Å². The molecule has 1 aliphatic heterocycles. The van der Waals surface area contributed by atoms with Crippen molar-refractivity contribution in [1.29, 1.82) is 0 Å². The van der Waals surface area contributed by atoms with Gasteiger partial charge in [-0.2, -0.15) is 0 Å². The molecular weight excluding hydrogens is 468 g/mol. The maximum Gasteiger partial charge on any atom is 0.341 e. The third-order valence-electron chi connectivity index (χ3n) is 6.97. The first-order valence-electron chi connectivity index (χ1n) is 13.6. The van der Waals surface area contributed by atoms with Crippen molar-refractivity contribution in [2.75, 3.05) is 49.7 Å². The van der Waals surface area contributed by atoms with Gasteiger partial charge < -0.3 is 24.4 Å². The molecule has 1 aromatic carbocycles. The number of carboxylic acid groups (broad SMARTS) is 1. The highest BCUT2D eigenvalue weighted by atomic mass is 16.5. The Labute approximate surface area is 222 Å². The molecular formula is C29H44N4O4. The second-order valence-corrected chi connectivity index (χ2v) is 10.4. The first kappa shape index (κ1) is 28.7. The molecule has 1 fully saturated rings. The van der Waals surface area contributed by atoms with Gasteiger partial charge in [-0.15, -0.1) is 0 Å². The van der Waals surface area contributed by atoms with E-state index < -0.39 is 5.97 Å². The van der Waals surface area contributed by atoms with E-state index in [4.69, 9.17) is 24.5 Å². The molecule has 2 aromatic rings. The molecule has 1 unspecified atom stereocenters. The van der Waals surface area contributed by atoms with E-state index >= 15 is 0 Å². The van der Waals surface area contributed by atoms with Crippen molar-refractivity contribution >= 4 is 17.6 Å². The largest absolute Gasteiger partial charge is 0.482 e. The van der Waals surface area contributed by atoms with Crippen LogP contribution in [0.1, 0.15) is 63.5 Å². The lowest BCUT2D eigenvalue weighted by molar-refractivity contribution is -0.139. The number of ether oxygens (including phenoxy) is 2. The van der Waals surface area contributed by atoms with Crippen LogP contribution in [-0.4, -0.2) is 67.0 Å². The zero-order valence-electron chi connectivity index (χ0n) is 23.0. The molecule has 0 radical (unpaired) electrons. The molecule has 0 bridgehead atoms. The van der Waals surface area contributed by atoms with E-state index in [1.54, 1.807) is 7.11 Å². The molecule has 1 atom stereocenters. The number of nitrogens with zero attached hydrogens (tertiary/aromatic N) is 4. The number of hydrogen-bond donors (Lipinski definition) is 1. The van der Waals surface area contributed by atoms with Crippen molar-refractivity contribution in [3.63, 3.8) is 0 Å². The third-order valence-corrected chi connectivity index (χ3v) is 6.97. The first-order chi connectivity index (χ1) is 17.9. The molecule has 8 heteroatoms. The zero-order chi connectivity index (χ0) is 26.6. The summed E-state index contributed by atoms with van der Waals surface area (Å²) in [6.45, 7) is 9.77. The van der Waals surface area contributed by atoms with Gasteiger partial charge in [0.25, 0.3) is 0 Å². The summed E-state index contributed by atoms with van der Waals surface area (Å²) in [5.41, 5.74) is 3.17. The van der Waals surface area contributed by atoms with Crippen LogP contribution in [0.4, 0.5) is 11.6 Å². The second kappa shape index (κ2) is 14.8. The van der Waals surface area contributed by atoms with Crippen molar-refractivity contribution in [3.8, 4) is 5.75 Å². The summed E-state index contributed by atoms with van der Waals surface area (Å²) in [5.74, 6) is 1.17. The Morgan fingerprint density at radius 3 is 2.57 bits per heavy atom. The van der Waals surface area contributed by atoms with Gasteiger partial charge in [0.15, 0.2) is 6.61 Å². The Morgan fingerprint density at radius 2 is 1.92 bits per heavy atom. The average molecular weight is 513 g/mol. The van der Waals surface area contributed by atoms with Crippen molar-refractivity contribution in [2.24, 2.45) is 5.92 Å². The van der Waals surface area contributed by atoms with E-state index in [0.29, 0.717) is 5.75 Å². The fraction of sp³-hybridized carbons (Fsp3) is 0.621. The number of hydrogen-bond acceptors (Lipinski definition) is 7. The Balaban J connectivity index is 1.61. The zero-order valence-corrected chi connectivity index (χ0v) is 23.0. The Kier molecular flexibility index (Phi) is 11.5. The molecule has 37 heavy (non-hydrogen) atoms. The lowest BCUT2D eigenvalue weighted by Gasteiger charge is -2.24. The molecule has 0 amide bonds. The van der Waals surface area contributed by atoms with Gasteiger partial charge in [0.2, 0.25) is 5.95 Å². The van der Waals surface area contributed by atoms with E-state index in [0.717, 1.165) is 68.6 Å². The monoisotopic (exact) mass is 512 g/mol. The maximum absolute atomic E-state index is 10.8. The molecule has 3 rings (SSSR count). The van der Waals surface area contributed by atoms with Crippen LogP contribution in [0.25, 0.3) is 0 Å². The average Bonchev–Trinajstić information content (AvgIpc) is 3.36. The van der Waals surface area contributed by atoms with E-state index in [2.05, 4.69) is 29.7 Å². The number of anilines is 2. The number of carboxylic acids is 1. The highest BCUT2D eigenvalue weighted by Gasteiger charge is 2.23. The number of benzene rings is 1. The van der Waals surface area contributed by atoms with Gasteiger partial charge in [-0.25, -0.2) is 14.8 Å². The van der Waals surface area contributed by atoms with E-state index in [1.807, 2.05) is 31.5 Å².